The monoisotopic (exact) mass is 697 g/mol. The number of carbonyl (C=O) groups is 3. The molecule has 0 fully saturated rings. The van der Waals surface area contributed by atoms with Crippen LogP contribution < -0.4 is 16.0 Å². The molecule has 0 bridgehead atoms. The van der Waals surface area contributed by atoms with Crippen LogP contribution in [0.15, 0.2) is 95.5 Å². The smallest absolute Gasteiger partial charge is 0.251 e. The maximum atomic E-state index is 12.7. The zero-order valence-electron chi connectivity index (χ0n) is 24.9. The Hall–Kier alpha value is -4.81. The van der Waals surface area contributed by atoms with Crippen LogP contribution in [0.1, 0.15) is 50.6 Å². The van der Waals surface area contributed by atoms with Crippen LogP contribution in [-0.2, 0) is 41.8 Å². The number of unbranched alkanes of at least 4 members (excludes halogenated alkanes) is 1. The summed E-state index contributed by atoms with van der Waals surface area (Å²) < 4.78 is 0.911. The molecule has 0 aliphatic rings. The lowest BCUT2D eigenvalue weighted by Crippen LogP contribution is -2.22. The Kier molecular flexibility index (Phi) is 11.7. The fourth-order valence-corrected chi connectivity index (χ4v) is 5.66. The molecule has 0 unspecified atom stereocenters. The number of benzene rings is 3. The minimum Gasteiger partial charge on any atom is -0.348 e. The molecular weight excluding hydrogens is 666 g/mol. The normalized spacial score (nSPS) is 10.7. The van der Waals surface area contributed by atoms with E-state index in [1.165, 1.54) is 11.3 Å². The van der Waals surface area contributed by atoms with E-state index in [4.69, 9.17) is 0 Å². The summed E-state index contributed by atoms with van der Waals surface area (Å²) in [6, 6.07) is 27.9. The maximum Gasteiger partial charge on any atom is 0.251 e. The first-order valence-electron chi connectivity index (χ1n) is 14.8. The van der Waals surface area contributed by atoms with E-state index in [1.807, 2.05) is 72.8 Å². The second kappa shape index (κ2) is 16.5. The first-order chi connectivity index (χ1) is 22.4. The maximum absolute atomic E-state index is 12.7. The molecule has 234 valence electrons. The number of hydrogen-bond acceptors (Lipinski definition) is 8. The minimum absolute atomic E-state index is 0.134. The van der Waals surface area contributed by atoms with Gasteiger partial charge in [-0.1, -0.05) is 81.9 Å². The third-order valence-electron chi connectivity index (χ3n) is 6.90. The Bertz CT molecular complexity index is 1760. The highest BCUT2D eigenvalue weighted by Crippen LogP contribution is 2.19. The summed E-state index contributed by atoms with van der Waals surface area (Å²) in [6.45, 7) is 0.357. The van der Waals surface area contributed by atoms with Gasteiger partial charge in [0.25, 0.3) is 5.91 Å². The van der Waals surface area contributed by atoms with Gasteiger partial charge < -0.3 is 16.0 Å². The van der Waals surface area contributed by atoms with Gasteiger partial charge in [0.15, 0.2) is 5.82 Å². The number of hydrogen-bond donors (Lipinski definition) is 3. The predicted molar refractivity (Wildman–Crippen MR) is 181 cm³/mol. The minimum atomic E-state index is -0.183. The van der Waals surface area contributed by atoms with Gasteiger partial charge in [-0.15, -0.1) is 15.3 Å². The van der Waals surface area contributed by atoms with E-state index in [-0.39, 0.29) is 30.6 Å². The van der Waals surface area contributed by atoms with Gasteiger partial charge in [-0.05, 0) is 72.4 Å². The van der Waals surface area contributed by atoms with Crippen molar-refractivity contribution in [2.24, 2.45) is 0 Å². The van der Waals surface area contributed by atoms with Crippen molar-refractivity contribution in [3.05, 3.63) is 128 Å². The zero-order chi connectivity index (χ0) is 32.1. The van der Waals surface area contributed by atoms with Crippen LogP contribution in [0, 0.1) is 0 Å². The van der Waals surface area contributed by atoms with Gasteiger partial charge in [0.05, 0.1) is 18.5 Å². The molecule has 5 rings (SSSR count). The molecule has 0 saturated carbocycles. The van der Waals surface area contributed by atoms with Crippen LogP contribution >= 0.6 is 27.3 Å². The summed E-state index contributed by atoms with van der Waals surface area (Å²) >= 11 is 4.74. The molecule has 0 saturated heterocycles. The molecule has 0 radical (unpaired) electrons. The average Bonchev–Trinajstić information content (AvgIpc) is 3.50. The van der Waals surface area contributed by atoms with Gasteiger partial charge in [0.1, 0.15) is 5.01 Å². The summed E-state index contributed by atoms with van der Waals surface area (Å²) in [5.41, 5.74) is 4.11. The summed E-state index contributed by atoms with van der Waals surface area (Å²) in [4.78, 5) is 37.3. The molecule has 10 nitrogen and oxygen atoms in total. The molecule has 2 heterocycles. The van der Waals surface area contributed by atoms with E-state index in [2.05, 4.69) is 52.3 Å². The number of carbonyl (C=O) groups excluding carboxylic acids is 3. The molecule has 3 N–H and O–H groups in total. The van der Waals surface area contributed by atoms with Crippen molar-refractivity contribution in [2.75, 3.05) is 10.6 Å². The molecule has 3 amide bonds. The molecular formula is C34H32BrN7O3S. The van der Waals surface area contributed by atoms with Gasteiger partial charge in [0.2, 0.25) is 16.9 Å². The van der Waals surface area contributed by atoms with E-state index in [1.54, 1.807) is 18.2 Å². The Morgan fingerprint density at radius 2 is 1.39 bits per heavy atom. The Morgan fingerprint density at radius 1 is 0.674 bits per heavy atom. The molecule has 0 aliphatic carbocycles. The molecule has 0 aliphatic heterocycles. The molecule has 5 aromatic rings. The van der Waals surface area contributed by atoms with Gasteiger partial charge >= 0.3 is 0 Å². The van der Waals surface area contributed by atoms with Crippen molar-refractivity contribution in [3.63, 3.8) is 0 Å². The first-order valence-corrected chi connectivity index (χ1v) is 16.4. The van der Waals surface area contributed by atoms with Crippen LogP contribution in [0.2, 0.25) is 0 Å². The van der Waals surface area contributed by atoms with Crippen molar-refractivity contribution in [1.82, 2.24) is 25.7 Å². The van der Waals surface area contributed by atoms with Crippen molar-refractivity contribution in [1.29, 1.82) is 0 Å². The fraction of sp³-hybridized carbons (Fsp3) is 0.206. The standard InChI is InChI=1S/C34H32BrN7O3S/c35-27-15-13-26(14-16-27)33(45)36-22-25-10-6-9-24(19-25)21-31(44)38-34-42-41-32(46-34)12-5-4-11-28-17-18-29(40-39-28)37-30(43)20-23-7-2-1-3-8-23/h1-3,6-10,13-19H,4-5,11-12,20-22H2,(H,36,45)(H,37,40,43)(H,38,42,44). The number of nitrogens with zero attached hydrogens (tertiary/aromatic N) is 4. The van der Waals surface area contributed by atoms with Gasteiger partial charge in [-0.3, -0.25) is 14.4 Å². The van der Waals surface area contributed by atoms with Gasteiger partial charge in [-0.2, -0.15) is 5.10 Å². The topological polar surface area (TPSA) is 139 Å². The van der Waals surface area contributed by atoms with E-state index in [9.17, 15) is 14.4 Å². The SMILES string of the molecule is O=C(Cc1ccccc1)Nc1ccc(CCCCc2nnc(NC(=O)Cc3cccc(CNC(=O)c4ccc(Br)cc4)c3)s2)nn1. The quantitative estimate of drug-likeness (QED) is 0.122. The predicted octanol–water partition coefficient (Wildman–Crippen LogP) is 5.95. The number of halogens is 1. The van der Waals surface area contributed by atoms with Gasteiger partial charge in [-0.25, -0.2) is 0 Å². The molecule has 2 aromatic heterocycles. The highest BCUT2D eigenvalue weighted by Gasteiger charge is 2.11. The van der Waals surface area contributed by atoms with Crippen molar-refractivity contribution < 1.29 is 14.4 Å². The van der Waals surface area contributed by atoms with E-state index < -0.39 is 0 Å². The molecule has 0 spiro atoms. The van der Waals surface area contributed by atoms with Crippen molar-refractivity contribution in [2.45, 2.75) is 45.1 Å². The summed E-state index contributed by atoms with van der Waals surface area (Å²) in [5.74, 6) is -0.0450. The van der Waals surface area contributed by atoms with Gasteiger partial charge in [0, 0.05) is 23.0 Å². The number of rotatable bonds is 14. The lowest BCUT2D eigenvalue weighted by molar-refractivity contribution is -0.116. The van der Waals surface area contributed by atoms with E-state index in [0.29, 0.717) is 23.1 Å². The fourth-order valence-electron chi connectivity index (χ4n) is 4.60. The van der Waals surface area contributed by atoms with Crippen molar-refractivity contribution in [3.8, 4) is 0 Å². The molecule has 12 heteroatoms. The van der Waals surface area contributed by atoms with E-state index >= 15 is 0 Å². The number of nitrogens with one attached hydrogen (secondary N) is 3. The summed E-state index contributed by atoms with van der Waals surface area (Å²) in [6.07, 6.45) is 3.72. The Balaban J connectivity index is 0.996. The van der Waals surface area contributed by atoms with Crippen LogP contribution in [-0.4, -0.2) is 38.1 Å². The van der Waals surface area contributed by atoms with Crippen LogP contribution in [0.25, 0.3) is 0 Å². The van der Waals surface area contributed by atoms with Crippen molar-refractivity contribution >= 4 is 55.9 Å². The highest BCUT2D eigenvalue weighted by molar-refractivity contribution is 9.10. The second-order valence-corrected chi connectivity index (χ2v) is 12.5. The lowest BCUT2D eigenvalue weighted by Gasteiger charge is -2.08. The van der Waals surface area contributed by atoms with Crippen LogP contribution in [0.4, 0.5) is 10.9 Å². The molecule has 46 heavy (non-hydrogen) atoms. The largest absolute Gasteiger partial charge is 0.348 e. The summed E-state index contributed by atoms with van der Waals surface area (Å²) in [7, 11) is 0. The highest BCUT2D eigenvalue weighted by atomic mass is 79.9. The number of aryl methyl sites for hydroxylation is 2. The molecule has 0 atom stereocenters. The van der Waals surface area contributed by atoms with Crippen LogP contribution in [0.5, 0.6) is 0 Å². The number of aromatic nitrogens is 4. The zero-order valence-corrected chi connectivity index (χ0v) is 27.3. The van der Waals surface area contributed by atoms with Crippen LogP contribution in [0.3, 0.4) is 0 Å². The lowest BCUT2D eigenvalue weighted by atomic mass is 10.1. The second-order valence-electron chi connectivity index (χ2n) is 10.6. The number of anilines is 2. The number of amides is 3. The average molecular weight is 699 g/mol. The third kappa shape index (κ3) is 10.4. The Labute approximate surface area is 279 Å². The van der Waals surface area contributed by atoms with E-state index in [0.717, 1.165) is 57.5 Å². The first kappa shape index (κ1) is 32.6. The summed E-state index contributed by atoms with van der Waals surface area (Å²) in [5, 5.41) is 26.6. The third-order valence-corrected chi connectivity index (χ3v) is 8.32. The Morgan fingerprint density at radius 3 is 2.17 bits per heavy atom. The molecule has 3 aromatic carbocycles.